The number of rotatable bonds is 7. The molecule has 2 aromatic rings. The topological polar surface area (TPSA) is 99.5 Å². The number of esters is 1. The average Bonchev–Trinajstić information content (AvgIpc) is 2.86. The van der Waals surface area contributed by atoms with Crippen molar-refractivity contribution < 1.29 is 22.7 Å². The van der Waals surface area contributed by atoms with Gasteiger partial charge in [-0.3, -0.25) is 4.72 Å². The summed E-state index contributed by atoms with van der Waals surface area (Å²) in [7, 11) is -2.36. The van der Waals surface area contributed by atoms with E-state index in [-0.39, 0.29) is 29.1 Å². The maximum absolute atomic E-state index is 12.3. The van der Waals surface area contributed by atoms with Gasteiger partial charge in [0.1, 0.15) is 10.9 Å². The predicted molar refractivity (Wildman–Crippen MR) is 87.6 cm³/mol. The van der Waals surface area contributed by atoms with Crippen molar-refractivity contribution in [3.8, 4) is 5.75 Å². The fourth-order valence-electron chi connectivity index (χ4n) is 1.77. The number of hydrogen-bond acceptors (Lipinski definition) is 6. The van der Waals surface area contributed by atoms with Gasteiger partial charge in [-0.05, 0) is 19.1 Å². The van der Waals surface area contributed by atoms with Gasteiger partial charge in [0, 0.05) is 13.1 Å². The number of aryl methyl sites for hydroxylation is 1. The lowest BCUT2D eigenvalue weighted by molar-refractivity contribution is -0.145. The van der Waals surface area contributed by atoms with Crippen LogP contribution in [-0.4, -0.2) is 37.2 Å². The highest BCUT2D eigenvalue weighted by Crippen LogP contribution is 2.24. The van der Waals surface area contributed by atoms with Crippen LogP contribution >= 0.6 is 11.6 Å². The molecular formula is C14H16ClN3O5S. The van der Waals surface area contributed by atoms with Crippen LogP contribution in [0.5, 0.6) is 5.75 Å². The number of hydrogen-bond donors (Lipinski definition) is 1. The molecular weight excluding hydrogens is 358 g/mol. The lowest BCUT2D eigenvalue weighted by Gasteiger charge is -2.09. The van der Waals surface area contributed by atoms with Crippen LogP contribution in [-0.2, 0) is 26.6 Å². The SMILES string of the molecule is CCOC(=O)COc1cccc(NS(=O)(=O)c2ncn(C)c2Cl)c1. The summed E-state index contributed by atoms with van der Waals surface area (Å²) in [5, 5.41) is -0.276. The Morgan fingerprint density at radius 1 is 1.42 bits per heavy atom. The summed E-state index contributed by atoms with van der Waals surface area (Å²) < 4.78 is 38.4. The van der Waals surface area contributed by atoms with Crippen LogP contribution in [0.1, 0.15) is 6.92 Å². The van der Waals surface area contributed by atoms with Gasteiger partial charge in [0.2, 0.25) is 5.03 Å². The van der Waals surface area contributed by atoms with Crippen molar-refractivity contribution >= 4 is 33.3 Å². The van der Waals surface area contributed by atoms with Gasteiger partial charge < -0.3 is 14.0 Å². The number of sulfonamides is 1. The molecule has 0 aliphatic heterocycles. The van der Waals surface area contributed by atoms with Crippen molar-refractivity contribution in [3.63, 3.8) is 0 Å². The Morgan fingerprint density at radius 3 is 2.79 bits per heavy atom. The summed E-state index contributed by atoms with van der Waals surface area (Å²) in [6.45, 7) is 1.68. The third kappa shape index (κ3) is 4.39. The van der Waals surface area contributed by atoms with Crippen molar-refractivity contribution in [2.75, 3.05) is 17.9 Å². The molecule has 1 heterocycles. The number of aromatic nitrogens is 2. The molecule has 0 aliphatic carbocycles. The van der Waals surface area contributed by atoms with Gasteiger partial charge in [0.25, 0.3) is 10.0 Å². The standard InChI is InChI=1S/C14H16ClN3O5S/c1-3-22-12(19)8-23-11-6-4-5-10(7-11)17-24(20,21)14-13(15)18(2)9-16-14/h4-7,9,17H,3,8H2,1-2H3. The minimum atomic E-state index is -3.94. The van der Waals surface area contributed by atoms with Gasteiger partial charge in [0.15, 0.2) is 6.61 Å². The molecule has 0 saturated heterocycles. The Morgan fingerprint density at radius 2 is 2.17 bits per heavy atom. The van der Waals surface area contributed by atoms with E-state index in [1.54, 1.807) is 26.1 Å². The van der Waals surface area contributed by atoms with Crippen LogP contribution in [0, 0.1) is 0 Å². The quantitative estimate of drug-likeness (QED) is 0.743. The zero-order valence-corrected chi connectivity index (χ0v) is 14.6. The summed E-state index contributed by atoms with van der Waals surface area (Å²) in [5.74, 6) is -0.195. The third-order valence-corrected chi connectivity index (χ3v) is 4.71. The number of halogens is 1. The smallest absolute Gasteiger partial charge is 0.344 e. The first-order valence-corrected chi connectivity index (χ1v) is 8.77. The second kappa shape index (κ2) is 7.54. The van der Waals surface area contributed by atoms with E-state index in [9.17, 15) is 13.2 Å². The molecule has 0 fully saturated rings. The van der Waals surface area contributed by atoms with E-state index >= 15 is 0 Å². The van der Waals surface area contributed by atoms with Crippen molar-refractivity contribution in [1.82, 2.24) is 9.55 Å². The van der Waals surface area contributed by atoms with E-state index in [1.165, 1.54) is 23.0 Å². The maximum Gasteiger partial charge on any atom is 0.344 e. The van der Waals surface area contributed by atoms with Crippen molar-refractivity contribution in [1.29, 1.82) is 0 Å². The molecule has 0 saturated carbocycles. The lowest BCUT2D eigenvalue weighted by Crippen LogP contribution is -2.15. The number of ether oxygens (including phenoxy) is 2. The second-order valence-electron chi connectivity index (χ2n) is 4.68. The van der Waals surface area contributed by atoms with E-state index in [1.807, 2.05) is 0 Å². The van der Waals surface area contributed by atoms with E-state index in [4.69, 9.17) is 21.1 Å². The number of nitrogens with one attached hydrogen (secondary N) is 1. The molecule has 130 valence electrons. The van der Waals surface area contributed by atoms with Gasteiger partial charge in [0.05, 0.1) is 18.6 Å². The molecule has 0 aliphatic rings. The minimum absolute atomic E-state index is 0.00258. The van der Waals surface area contributed by atoms with Crippen LogP contribution in [0.3, 0.4) is 0 Å². The zero-order chi connectivity index (χ0) is 17.7. The summed E-state index contributed by atoms with van der Waals surface area (Å²) in [4.78, 5) is 15.0. The molecule has 24 heavy (non-hydrogen) atoms. The molecule has 1 aromatic carbocycles. The fraction of sp³-hybridized carbons (Fsp3) is 0.286. The van der Waals surface area contributed by atoms with Gasteiger partial charge in [-0.15, -0.1) is 0 Å². The van der Waals surface area contributed by atoms with Crippen LogP contribution in [0.25, 0.3) is 0 Å². The van der Waals surface area contributed by atoms with Gasteiger partial charge in [-0.1, -0.05) is 17.7 Å². The van der Waals surface area contributed by atoms with Crippen LogP contribution in [0.4, 0.5) is 5.69 Å². The Hall–Kier alpha value is -2.26. The molecule has 0 bridgehead atoms. The van der Waals surface area contributed by atoms with Gasteiger partial charge in [-0.2, -0.15) is 8.42 Å². The summed E-state index contributed by atoms with van der Waals surface area (Å²) in [6.07, 6.45) is 1.30. The summed E-state index contributed by atoms with van der Waals surface area (Å²) in [6, 6.07) is 6.14. The van der Waals surface area contributed by atoms with Crippen molar-refractivity contribution in [2.45, 2.75) is 11.9 Å². The van der Waals surface area contributed by atoms with Crippen molar-refractivity contribution in [2.24, 2.45) is 7.05 Å². The number of imidazole rings is 1. The summed E-state index contributed by atoms with van der Waals surface area (Å²) >= 11 is 5.91. The Bertz CT molecular complexity index is 835. The molecule has 0 radical (unpaired) electrons. The molecule has 2 rings (SSSR count). The van der Waals surface area contributed by atoms with E-state index in [0.29, 0.717) is 5.75 Å². The predicted octanol–water partition coefficient (Wildman–Crippen LogP) is 1.82. The first-order chi connectivity index (χ1) is 11.3. The number of benzene rings is 1. The highest BCUT2D eigenvalue weighted by molar-refractivity contribution is 7.92. The summed E-state index contributed by atoms with van der Waals surface area (Å²) in [5.41, 5.74) is 0.248. The molecule has 0 atom stereocenters. The Labute approximate surface area is 144 Å². The van der Waals surface area contributed by atoms with Crippen LogP contribution in [0.15, 0.2) is 35.6 Å². The highest BCUT2D eigenvalue weighted by atomic mass is 35.5. The lowest BCUT2D eigenvalue weighted by atomic mass is 10.3. The molecule has 8 nitrogen and oxygen atoms in total. The fourth-order valence-corrected chi connectivity index (χ4v) is 3.25. The van der Waals surface area contributed by atoms with Crippen LogP contribution in [0.2, 0.25) is 5.15 Å². The number of anilines is 1. The van der Waals surface area contributed by atoms with Crippen molar-refractivity contribution in [3.05, 3.63) is 35.7 Å². The molecule has 1 N–H and O–H groups in total. The monoisotopic (exact) mass is 373 g/mol. The molecule has 1 aromatic heterocycles. The van der Waals surface area contributed by atoms with E-state index in [2.05, 4.69) is 9.71 Å². The maximum atomic E-state index is 12.3. The van der Waals surface area contributed by atoms with Gasteiger partial charge >= 0.3 is 5.97 Å². The number of carbonyl (C=O) groups is 1. The number of carbonyl (C=O) groups excluding carboxylic acids is 1. The highest BCUT2D eigenvalue weighted by Gasteiger charge is 2.22. The Kier molecular flexibility index (Phi) is 5.68. The molecule has 0 unspecified atom stereocenters. The van der Waals surface area contributed by atoms with Gasteiger partial charge in [-0.25, -0.2) is 9.78 Å². The normalized spacial score (nSPS) is 11.1. The molecule has 10 heteroatoms. The largest absolute Gasteiger partial charge is 0.482 e. The van der Waals surface area contributed by atoms with Crippen LogP contribution < -0.4 is 9.46 Å². The second-order valence-corrected chi connectivity index (χ2v) is 6.63. The first-order valence-electron chi connectivity index (χ1n) is 6.91. The average molecular weight is 374 g/mol. The molecule has 0 amide bonds. The first kappa shape index (κ1) is 18.1. The van der Waals surface area contributed by atoms with E-state index in [0.717, 1.165) is 0 Å². The Balaban J connectivity index is 2.11. The van der Waals surface area contributed by atoms with E-state index < -0.39 is 16.0 Å². The zero-order valence-electron chi connectivity index (χ0n) is 13.0. The number of nitrogens with zero attached hydrogens (tertiary/aromatic N) is 2. The third-order valence-electron chi connectivity index (χ3n) is 2.84. The minimum Gasteiger partial charge on any atom is -0.482 e. The molecule has 0 spiro atoms.